The Hall–Kier alpha value is -1.89. The third-order valence-corrected chi connectivity index (χ3v) is 5.03. The van der Waals surface area contributed by atoms with Crippen molar-refractivity contribution in [2.75, 3.05) is 44.2 Å². The summed E-state index contributed by atoms with van der Waals surface area (Å²) < 4.78 is 5.92. The molecule has 0 saturated carbocycles. The molecule has 3 aliphatic rings. The summed E-state index contributed by atoms with van der Waals surface area (Å²) in [6, 6.07) is 4.33. The van der Waals surface area contributed by atoms with Gasteiger partial charge in [-0.1, -0.05) is 0 Å². The van der Waals surface area contributed by atoms with Crippen molar-refractivity contribution in [1.29, 1.82) is 0 Å². The zero-order valence-electron chi connectivity index (χ0n) is 13.5. The molecule has 0 N–H and O–H groups in total. The molecule has 0 unspecified atom stereocenters. The maximum atomic E-state index is 12.6. The number of carbonyl (C=O) groups is 1. The molecule has 4 heterocycles. The molecule has 3 aliphatic heterocycles. The fourth-order valence-corrected chi connectivity index (χ4v) is 3.78. The van der Waals surface area contributed by atoms with Crippen LogP contribution in [0.5, 0.6) is 0 Å². The van der Waals surface area contributed by atoms with Crippen LogP contribution in [-0.4, -0.2) is 77.5 Å². The third kappa shape index (κ3) is 2.73. The van der Waals surface area contributed by atoms with Crippen LogP contribution in [0.2, 0.25) is 0 Å². The minimum absolute atomic E-state index is 0.0680. The molecule has 0 aliphatic carbocycles. The first kappa shape index (κ1) is 14.7. The topological polar surface area (TPSA) is 61.8 Å². The van der Waals surface area contributed by atoms with E-state index in [4.69, 9.17) is 4.74 Å². The number of rotatable bonds is 1. The lowest BCUT2D eigenvalue weighted by Crippen LogP contribution is -2.51. The fraction of sp³-hybridized carbons (Fsp3) is 0.688. The van der Waals surface area contributed by atoms with E-state index < -0.39 is 0 Å². The van der Waals surface area contributed by atoms with Crippen LogP contribution in [0, 0.1) is 6.92 Å². The molecule has 0 radical (unpaired) electrons. The first-order valence-corrected chi connectivity index (χ1v) is 8.45. The molecule has 4 rings (SSSR count). The summed E-state index contributed by atoms with van der Waals surface area (Å²) in [5.74, 6) is 0.879. The molecule has 2 amide bonds. The van der Waals surface area contributed by atoms with Gasteiger partial charge in [0.1, 0.15) is 0 Å². The minimum atomic E-state index is 0.0680. The largest absolute Gasteiger partial charge is 0.372 e. The third-order valence-electron chi connectivity index (χ3n) is 5.03. The lowest BCUT2D eigenvalue weighted by atomic mass is 10.1. The monoisotopic (exact) mass is 317 g/mol. The molecular weight excluding hydrogens is 294 g/mol. The van der Waals surface area contributed by atoms with E-state index in [1.807, 2.05) is 28.9 Å². The standard InChI is InChI=1S/C16H23N5O2/c1-12-4-5-15(18-17-12)21-8-9-23-14-11-20(10-13(14)21)16(22)19-6-2-3-7-19/h4-5,13-14H,2-3,6-11H2,1H3/t13-,14+/m0/s1. The molecule has 0 bridgehead atoms. The number of amides is 2. The highest BCUT2D eigenvalue weighted by Gasteiger charge is 2.43. The Morgan fingerprint density at radius 2 is 1.96 bits per heavy atom. The zero-order chi connectivity index (χ0) is 15.8. The van der Waals surface area contributed by atoms with Crippen molar-refractivity contribution in [3.05, 3.63) is 17.8 Å². The molecule has 1 aromatic heterocycles. The number of hydrogen-bond acceptors (Lipinski definition) is 5. The van der Waals surface area contributed by atoms with E-state index in [0.29, 0.717) is 19.7 Å². The number of aromatic nitrogens is 2. The molecule has 1 aromatic rings. The molecule has 3 fully saturated rings. The number of anilines is 1. The Kier molecular flexibility index (Phi) is 3.80. The molecule has 7 nitrogen and oxygen atoms in total. The van der Waals surface area contributed by atoms with Crippen molar-refractivity contribution in [1.82, 2.24) is 20.0 Å². The summed E-state index contributed by atoms with van der Waals surface area (Å²) in [5, 5.41) is 8.48. The van der Waals surface area contributed by atoms with Crippen LogP contribution in [0.3, 0.4) is 0 Å². The van der Waals surface area contributed by atoms with Gasteiger partial charge in [-0.25, -0.2) is 4.79 Å². The highest BCUT2D eigenvalue weighted by atomic mass is 16.5. The van der Waals surface area contributed by atoms with E-state index in [9.17, 15) is 4.79 Å². The summed E-state index contributed by atoms with van der Waals surface area (Å²) in [5.41, 5.74) is 0.913. The first-order chi connectivity index (χ1) is 11.2. The average Bonchev–Trinajstić information content (AvgIpc) is 3.24. The van der Waals surface area contributed by atoms with Gasteiger partial charge >= 0.3 is 6.03 Å². The molecule has 0 spiro atoms. The van der Waals surface area contributed by atoms with Gasteiger partial charge in [0.05, 0.1) is 31.0 Å². The smallest absolute Gasteiger partial charge is 0.320 e. The van der Waals surface area contributed by atoms with Crippen LogP contribution in [0.15, 0.2) is 12.1 Å². The Balaban J connectivity index is 1.49. The van der Waals surface area contributed by atoms with Crippen molar-refractivity contribution < 1.29 is 9.53 Å². The Bertz CT molecular complexity index is 572. The second-order valence-corrected chi connectivity index (χ2v) is 6.58. The Morgan fingerprint density at radius 1 is 1.13 bits per heavy atom. The van der Waals surface area contributed by atoms with Crippen LogP contribution in [0.25, 0.3) is 0 Å². The molecular formula is C16H23N5O2. The quantitative estimate of drug-likeness (QED) is 0.770. The summed E-state index contributed by atoms with van der Waals surface area (Å²) in [7, 11) is 0. The Morgan fingerprint density at radius 3 is 2.70 bits per heavy atom. The van der Waals surface area contributed by atoms with E-state index in [1.54, 1.807) is 0 Å². The minimum Gasteiger partial charge on any atom is -0.372 e. The van der Waals surface area contributed by atoms with Gasteiger partial charge in [-0.3, -0.25) is 0 Å². The van der Waals surface area contributed by atoms with Crippen LogP contribution < -0.4 is 4.90 Å². The van der Waals surface area contributed by atoms with Gasteiger partial charge in [0.15, 0.2) is 5.82 Å². The number of urea groups is 1. The molecule has 23 heavy (non-hydrogen) atoms. The van der Waals surface area contributed by atoms with E-state index in [-0.39, 0.29) is 18.2 Å². The van der Waals surface area contributed by atoms with Crippen molar-refractivity contribution >= 4 is 11.8 Å². The molecule has 0 aromatic carbocycles. The van der Waals surface area contributed by atoms with Crippen molar-refractivity contribution in [3.63, 3.8) is 0 Å². The number of hydrogen-bond donors (Lipinski definition) is 0. The van der Waals surface area contributed by atoms with Gasteiger partial charge in [0.2, 0.25) is 0 Å². The normalized spacial score (nSPS) is 27.4. The summed E-state index contributed by atoms with van der Waals surface area (Å²) >= 11 is 0. The maximum Gasteiger partial charge on any atom is 0.320 e. The number of aryl methyl sites for hydroxylation is 1. The summed E-state index contributed by atoms with van der Waals surface area (Å²) in [6.45, 7) is 6.56. The summed E-state index contributed by atoms with van der Waals surface area (Å²) in [4.78, 5) is 18.8. The fourth-order valence-electron chi connectivity index (χ4n) is 3.78. The highest BCUT2D eigenvalue weighted by molar-refractivity contribution is 5.75. The van der Waals surface area contributed by atoms with Gasteiger partial charge in [-0.05, 0) is 31.9 Å². The van der Waals surface area contributed by atoms with Crippen LogP contribution in [0.1, 0.15) is 18.5 Å². The van der Waals surface area contributed by atoms with E-state index >= 15 is 0 Å². The van der Waals surface area contributed by atoms with Gasteiger partial charge in [-0.2, -0.15) is 5.10 Å². The van der Waals surface area contributed by atoms with E-state index in [1.165, 1.54) is 0 Å². The van der Waals surface area contributed by atoms with E-state index in [0.717, 1.165) is 44.0 Å². The summed E-state index contributed by atoms with van der Waals surface area (Å²) in [6.07, 6.45) is 2.31. The predicted molar refractivity (Wildman–Crippen MR) is 85.4 cm³/mol. The molecule has 7 heteroatoms. The van der Waals surface area contributed by atoms with Crippen molar-refractivity contribution in [2.45, 2.75) is 31.9 Å². The maximum absolute atomic E-state index is 12.6. The SMILES string of the molecule is Cc1ccc(N2CCO[C@@H]3CN(C(=O)N4CCCC4)C[C@@H]32)nn1. The Labute approximate surface area is 136 Å². The van der Waals surface area contributed by atoms with Crippen LogP contribution in [-0.2, 0) is 4.74 Å². The lowest BCUT2D eigenvalue weighted by molar-refractivity contribution is 0.0312. The second-order valence-electron chi connectivity index (χ2n) is 6.58. The number of carbonyl (C=O) groups excluding carboxylic acids is 1. The number of likely N-dealkylation sites (tertiary alicyclic amines) is 2. The highest BCUT2D eigenvalue weighted by Crippen LogP contribution is 2.27. The predicted octanol–water partition coefficient (Wildman–Crippen LogP) is 0.890. The first-order valence-electron chi connectivity index (χ1n) is 8.45. The average molecular weight is 317 g/mol. The van der Waals surface area contributed by atoms with Gasteiger partial charge in [0, 0.05) is 26.2 Å². The number of morpholine rings is 1. The molecule has 124 valence electrons. The molecule has 2 atom stereocenters. The number of fused-ring (bicyclic) bond motifs is 1. The number of nitrogens with zero attached hydrogens (tertiary/aromatic N) is 5. The lowest BCUT2D eigenvalue weighted by Gasteiger charge is -2.37. The van der Waals surface area contributed by atoms with Gasteiger partial charge in [-0.15, -0.1) is 5.10 Å². The van der Waals surface area contributed by atoms with Gasteiger partial charge in [0.25, 0.3) is 0 Å². The van der Waals surface area contributed by atoms with Crippen LogP contribution >= 0.6 is 0 Å². The number of ether oxygens (including phenoxy) is 1. The van der Waals surface area contributed by atoms with Gasteiger partial charge < -0.3 is 19.4 Å². The molecule has 3 saturated heterocycles. The van der Waals surface area contributed by atoms with Crippen molar-refractivity contribution in [3.8, 4) is 0 Å². The van der Waals surface area contributed by atoms with Crippen molar-refractivity contribution in [2.24, 2.45) is 0 Å². The van der Waals surface area contributed by atoms with Crippen LogP contribution in [0.4, 0.5) is 10.6 Å². The zero-order valence-corrected chi connectivity index (χ0v) is 13.5. The van der Waals surface area contributed by atoms with E-state index in [2.05, 4.69) is 15.1 Å². The second kappa shape index (κ2) is 5.96.